The molecule has 3 heteroatoms. The van der Waals surface area contributed by atoms with Crippen molar-refractivity contribution in [1.82, 2.24) is 4.98 Å². The topological polar surface area (TPSA) is 15.8 Å². The van der Waals surface area contributed by atoms with Crippen LogP contribution >= 0.6 is 15.9 Å². The van der Waals surface area contributed by atoms with E-state index in [1.54, 1.807) is 6.07 Å². The van der Waals surface area contributed by atoms with Crippen LogP contribution in [0, 0.1) is 5.82 Å². The Bertz CT molecular complexity index is 499. The average molecular weight is 254 g/mol. The number of benzene rings is 1. The van der Waals surface area contributed by atoms with Gasteiger partial charge in [-0.3, -0.25) is 0 Å². The lowest BCUT2D eigenvalue weighted by atomic mass is 10.2. The normalized spacial score (nSPS) is 16.4. The molecule has 0 bridgehead atoms. The lowest BCUT2D eigenvalue weighted by molar-refractivity contribution is 0.639. The van der Waals surface area contributed by atoms with E-state index in [9.17, 15) is 4.39 Å². The zero-order chi connectivity index (χ0) is 9.71. The maximum absolute atomic E-state index is 13.5. The molecule has 1 aromatic carbocycles. The number of H-pyrrole nitrogens is 1. The molecule has 1 heterocycles. The Morgan fingerprint density at radius 1 is 1.36 bits per heavy atom. The molecular formula is C11H9BrFN. The number of aromatic amines is 1. The summed E-state index contributed by atoms with van der Waals surface area (Å²) in [7, 11) is 0. The number of halogens is 2. The van der Waals surface area contributed by atoms with Crippen LogP contribution in [-0.4, -0.2) is 4.98 Å². The van der Waals surface area contributed by atoms with Crippen LogP contribution in [0.5, 0.6) is 0 Å². The first-order valence-electron chi connectivity index (χ1n) is 4.73. The Kier molecular flexibility index (Phi) is 1.71. The summed E-state index contributed by atoms with van der Waals surface area (Å²) in [6.07, 6.45) is 2.43. The lowest BCUT2D eigenvalue weighted by Crippen LogP contribution is -1.77. The highest BCUT2D eigenvalue weighted by Gasteiger charge is 2.28. The maximum atomic E-state index is 13.5. The molecule has 1 aliphatic rings. The van der Waals surface area contributed by atoms with Gasteiger partial charge in [-0.25, -0.2) is 4.39 Å². The summed E-state index contributed by atoms with van der Waals surface area (Å²) in [5, 5.41) is 0.689. The molecule has 0 amide bonds. The van der Waals surface area contributed by atoms with Gasteiger partial charge in [0.15, 0.2) is 0 Å². The van der Waals surface area contributed by atoms with Crippen LogP contribution in [0.25, 0.3) is 10.9 Å². The third-order valence-corrected chi connectivity index (χ3v) is 3.55. The van der Waals surface area contributed by atoms with Crippen LogP contribution in [0.4, 0.5) is 4.39 Å². The number of aromatic nitrogens is 1. The van der Waals surface area contributed by atoms with E-state index < -0.39 is 0 Å². The first-order valence-corrected chi connectivity index (χ1v) is 5.52. The fraction of sp³-hybridized carbons (Fsp3) is 0.273. The second-order valence-corrected chi connectivity index (χ2v) is 4.58. The predicted molar refractivity (Wildman–Crippen MR) is 57.9 cm³/mol. The quantitative estimate of drug-likeness (QED) is 0.793. The van der Waals surface area contributed by atoms with E-state index in [0.717, 1.165) is 15.7 Å². The second-order valence-electron chi connectivity index (χ2n) is 3.79. The van der Waals surface area contributed by atoms with Crippen molar-refractivity contribution in [3.05, 3.63) is 34.2 Å². The highest BCUT2D eigenvalue weighted by molar-refractivity contribution is 9.10. The zero-order valence-corrected chi connectivity index (χ0v) is 9.07. The van der Waals surface area contributed by atoms with E-state index in [4.69, 9.17) is 0 Å². The predicted octanol–water partition coefficient (Wildman–Crippen LogP) is 3.95. The molecule has 1 N–H and O–H groups in total. The standard InChI is InChI=1S/C11H9BrFN/c12-10-9-7(13)2-1-3-8(9)14-11(10)6-4-5-6/h1-3,6,14H,4-5H2. The summed E-state index contributed by atoms with van der Waals surface area (Å²) >= 11 is 3.47. The number of fused-ring (bicyclic) bond motifs is 1. The molecule has 0 atom stereocenters. The van der Waals surface area contributed by atoms with Gasteiger partial charge in [0, 0.05) is 27.0 Å². The highest BCUT2D eigenvalue weighted by atomic mass is 79.9. The van der Waals surface area contributed by atoms with Gasteiger partial charge in [-0.2, -0.15) is 0 Å². The molecule has 0 saturated heterocycles. The van der Waals surface area contributed by atoms with Crippen LogP contribution in [0.15, 0.2) is 22.7 Å². The molecule has 1 aliphatic carbocycles. The minimum Gasteiger partial charge on any atom is -0.357 e. The molecule has 1 aromatic heterocycles. The van der Waals surface area contributed by atoms with Gasteiger partial charge in [0.25, 0.3) is 0 Å². The second kappa shape index (κ2) is 2.83. The molecule has 0 unspecified atom stereocenters. The highest BCUT2D eigenvalue weighted by Crippen LogP contribution is 2.45. The Balaban J connectivity index is 2.34. The van der Waals surface area contributed by atoms with Crippen molar-refractivity contribution in [2.75, 3.05) is 0 Å². The summed E-state index contributed by atoms with van der Waals surface area (Å²) < 4.78 is 14.4. The van der Waals surface area contributed by atoms with Gasteiger partial charge in [0.2, 0.25) is 0 Å². The maximum Gasteiger partial charge on any atom is 0.133 e. The van der Waals surface area contributed by atoms with E-state index in [2.05, 4.69) is 20.9 Å². The van der Waals surface area contributed by atoms with Crippen molar-refractivity contribution in [3.63, 3.8) is 0 Å². The summed E-state index contributed by atoms with van der Waals surface area (Å²) in [5.41, 5.74) is 2.05. The Morgan fingerprint density at radius 2 is 2.14 bits per heavy atom. The van der Waals surface area contributed by atoms with Crippen LogP contribution in [0.3, 0.4) is 0 Å². The third kappa shape index (κ3) is 1.12. The van der Waals surface area contributed by atoms with Crippen LogP contribution in [0.1, 0.15) is 24.5 Å². The smallest absolute Gasteiger partial charge is 0.133 e. The molecular weight excluding hydrogens is 245 g/mol. The molecule has 14 heavy (non-hydrogen) atoms. The van der Waals surface area contributed by atoms with Gasteiger partial charge in [-0.15, -0.1) is 0 Å². The molecule has 3 rings (SSSR count). The largest absolute Gasteiger partial charge is 0.357 e. The lowest BCUT2D eigenvalue weighted by Gasteiger charge is -1.93. The third-order valence-electron chi connectivity index (χ3n) is 2.72. The monoisotopic (exact) mass is 253 g/mol. The van der Waals surface area contributed by atoms with E-state index in [1.165, 1.54) is 18.9 Å². The number of nitrogens with one attached hydrogen (secondary N) is 1. The first kappa shape index (κ1) is 8.48. The van der Waals surface area contributed by atoms with Crippen molar-refractivity contribution >= 4 is 26.8 Å². The molecule has 1 fully saturated rings. The molecule has 0 spiro atoms. The average Bonchev–Trinajstić information content (AvgIpc) is 2.93. The molecule has 0 radical (unpaired) electrons. The molecule has 0 aliphatic heterocycles. The SMILES string of the molecule is Fc1cccc2[nH]c(C3CC3)c(Br)c12. The first-order chi connectivity index (χ1) is 6.77. The zero-order valence-electron chi connectivity index (χ0n) is 7.48. The fourth-order valence-electron chi connectivity index (χ4n) is 1.84. The van der Waals surface area contributed by atoms with E-state index in [-0.39, 0.29) is 5.82 Å². The summed E-state index contributed by atoms with van der Waals surface area (Å²) in [6.45, 7) is 0. The molecule has 1 nitrogen and oxygen atoms in total. The Hall–Kier alpha value is -0.830. The number of rotatable bonds is 1. The van der Waals surface area contributed by atoms with Crippen molar-refractivity contribution in [1.29, 1.82) is 0 Å². The minimum absolute atomic E-state index is 0.155. The van der Waals surface area contributed by atoms with Gasteiger partial charge in [0.05, 0.1) is 0 Å². The summed E-state index contributed by atoms with van der Waals surface area (Å²) in [5.74, 6) is 0.452. The van der Waals surface area contributed by atoms with Gasteiger partial charge in [0.1, 0.15) is 5.82 Å². The summed E-state index contributed by atoms with van der Waals surface area (Å²) in [4.78, 5) is 3.28. The Labute approximate surface area is 89.4 Å². The van der Waals surface area contributed by atoms with Crippen LogP contribution in [0.2, 0.25) is 0 Å². The van der Waals surface area contributed by atoms with Crippen molar-refractivity contribution < 1.29 is 4.39 Å². The number of hydrogen-bond acceptors (Lipinski definition) is 0. The summed E-state index contributed by atoms with van der Waals surface area (Å²) in [6, 6.07) is 5.14. The molecule has 2 aromatic rings. The fourth-order valence-corrected chi connectivity index (χ4v) is 2.67. The van der Waals surface area contributed by atoms with E-state index >= 15 is 0 Å². The van der Waals surface area contributed by atoms with Crippen molar-refractivity contribution in [2.45, 2.75) is 18.8 Å². The number of hydrogen-bond donors (Lipinski definition) is 1. The van der Waals surface area contributed by atoms with E-state index in [1.807, 2.05) is 6.07 Å². The van der Waals surface area contributed by atoms with Gasteiger partial charge in [-0.05, 0) is 40.9 Å². The van der Waals surface area contributed by atoms with Crippen molar-refractivity contribution in [2.24, 2.45) is 0 Å². The van der Waals surface area contributed by atoms with Gasteiger partial charge < -0.3 is 4.98 Å². The van der Waals surface area contributed by atoms with Crippen molar-refractivity contribution in [3.8, 4) is 0 Å². The van der Waals surface area contributed by atoms with E-state index in [0.29, 0.717) is 11.3 Å². The van der Waals surface area contributed by atoms with Gasteiger partial charge in [-0.1, -0.05) is 6.07 Å². The van der Waals surface area contributed by atoms with Gasteiger partial charge >= 0.3 is 0 Å². The minimum atomic E-state index is -0.155. The van der Waals surface area contributed by atoms with Crippen LogP contribution < -0.4 is 0 Å². The van der Waals surface area contributed by atoms with Crippen LogP contribution in [-0.2, 0) is 0 Å². The Morgan fingerprint density at radius 3 is 2.79 bits per heavy atom. The molecule has 1 saturated carbocycles. The molecule has 72 valence electrons.